The van der Waals surface area contributed by atoms with Crippen LogP contribution in [0.5, 0.6) is 0 Å². The molecule has 1 atom stereocenters. The van der Waals surface area contributed by atoms with Crippen LogP contribution < -0.4 is 11.1 Å². The summed E-state index contributed by atoms with van der Waals surface area (Å²) in [6, 6.07) is 11.1. The van der Waals surface area contributed by atoms with Gasteiger partial charge in [-0.3, -0.25) is 9.69 Å². The number of carbonyl (C=O) groups excluding carboxylic acids is 1. The number of hydrogen-bond donors (Lipinski definition) is 3. The number of ether oxygens (including phenoxy) is 1. The van der Waals surface area contributed by atoms with Crippen molar-refractivity contribution in [1.82, 2.24) is 15.2 Å². The van der Waals surface area contributed by atoms with Crippen LogP contribution in [0.15, 0.2) is 36.5 Å². The summed E-state index contributed by atoms with van der Waals surface area (Å²) in [6.45, 7) is 3.98. The first-order chi connectivity index (χ1) is 16.4. The maximum atomic E-state index is 13.2. The molecule has 3 aliphatic carbocycles. The van der Waals surface area contributed by atoms with Crippen molar-refractivity contribution < 1.29 is 14.6 Å². The fraction of sp³-hybridized carbons (Fsp3) is 0.556. The fourth-order valence-corrected chi connectivity index (χ4v) is 6.25. The van der Waals surface area contributed by atoms with Crippen LogP contribution in [0.25, 0.3) is 11.1 Å². The minimum absolute atomic E-state index is 0.165. The molecule has 2 bridgehead atoms. The molecular formula is C27H34N4O3. The summed E-state index contributed by atoms with van der Waals surface area (Å²) in [5.41, 5.74) is 9.08. The van der Waals surface area contributed by atoms with E-state index < -0.39 is 5.60 Å². The van der Waals surface area contributed by atoms with E-state index in [2.05, 4.69) is 39.5 Å². The third-order valence-electron chi connectivity index (χ3n) is 8.82. The van der Waals surface area contributed by atoms with Crippen molar-refractivity contribution in [3.8, 4) is 11.1 Å². The Hall–Kier alpha value is -2.48. The third-order valence-corrected chi connectivity index (χ3v) is 8.82. The van der Waals surface area contributed by atoms with Crippen molar-refractivity contribution in [2.75, 3.05) is 32.0 Å². The van der Waals surface area contributed by atoms with Gasteiger partial charge >= 0.3 is 0 Å². The van der Waals surface area contributed by atoms with Gasteiger partial charge in [-0.25, -0.2) is 4.98 Å². The fourth-order valence-electron chi connectivity index (χ4n) is 6.25. The molecule has 1 amide bonds. The number of aromatic nitrogens is 1. The summed E-state index contributed by atoms with van der Waals surface area (Å²) in [7, 11) is 0. The van der Waals surface area contributed by atoms with Crippen LogP contribution in [-0.4, -0.2) is 64.4 Å². The van der Waals surface area contributed by atoms with E-state index in [1.54, 1.807) is 6.20 Å². The van der Waals surface area contributed by atoms with Gasteiger partial charge in [0.2, 0.25) is 0 Å². The summed E-state index contributed by atoms with van der Waals surface area (Å²) >= 11 is 0. The van der Waals surface area contributed by atoms with Gasteiger partial charge in [-0.15, -0.1) is 0 Å². The van der Waals surface area contributed by atoms with Gasteiger partial charge in [-0.05, 0) is 74.6 Å². The maximum absolute atomic E-state index is 13.2. The third kappa shape index (κ3) is 4.00. The molecule has 4 N–H and O–H groups in total. The second-order valence-corrected chi connectivity index (χ2v) is 10.9. The lowest BCUT2D eigenvalue weighted by Gasteiger charge is -2.51. The number of nitrogen functional groups attached to an aromatic ring is 1. The van der Waals surface area contributed by atoms with Gasteiger partial charge in [0.05, 0.1) is 30.4 Å². The molecule has 180 valence electrons. The highest BCUT2D eigenvalue weighted by molar-refractivity contribution is 5.99. The van der Waals surface area contributed by atoms with Gasteiger partial charge in [0.1, 0.15) is 5.82 Å². The number of hydrogen-bond acceptors (Lipinski definition) is 6. The summed E-state index contributed by atoms with van der Waals surface area (Å²) in [4.78, 5) is 20.1. The van der Waals surface area contributed by atoms with Crippen molar-refractivity contribution in [3.63, 3.8) is 0 Å². The lowest BCUT2D eigenvalue weighted by Crippen LogP contribution is -2.58. The second-order valence-electron chi connectivity index (χ2n) is 10.9. The van der Waals surface area contributed by atoms with E-state index in [0.717, 1.165) is 76.0 Å². The lowest BCUT2D eigenvalue weighted by atomic mass is 9.63. The van der Waals surface area contributed by atoms with E-state index in [0.29, 0.717) is 17.5 Å². The quantitative estimate of drug-likeness (QED) is 0.631. The first kappa shape index (κ1) is 22.0. The van der Waals surface area contributed by atoms with E-state index in [1.165, 1.54) is 12.0 Å². The Kier molecular flexibility index (Phi) is 5.39. The number of nitrogens with zero attached hydrogens (tertiary/aromatic N) is 2. The zero-order chi connectivity index (χ0) is 23.3. The van der Waals surface area contributed by atoms with Crippen LogP contribution in [-0.2, 0) is 4.74 Å². The molecular weight excluding hydrogens is 428 g/mol. The molecule has 0 radical (unpaired) electrons. The molecule has 1 unspecified atom stereocenters. The Morgan fingerprint density at radius 3 is 2.44 bits per heavy atom. The molecule has 34 heavy (non-hydrogen) atoms. The Labute approximate surface area is 200 Å². The molecule has 7 rings (SSSR count). The minimum atomic E-state index is -0.526. The number of aliphatic hydroxyl groups is 1. The molecule has 3 heterocycles. The van der Waals surface area contributed by atoms with Crippen molar-refractivity contribution in [3.05, 3.63) is 47.7 Å². The van der Waals surface area contributed by atoms with Crippen LogP contribution in [0.2, 0.25) is 0 Å². The van der Waals surface area contributed by atoms with E-state index in [9.17, 15) is 9.90 Å². The topological polar surface area (TPSA) is 101 Å². The normalized spacial score (nSPS) is 31.4. The molecule has 1 aromatic carbocycles. The maximum Gasteiger partial charge on any atom is 0.255 e. The second kappa shape index (κ2) is 8.33. The molecule has 3 saturated carbocycles. The number of carbonyl (C=O) groups is 1. The molecule has 7 nitrogen and oxygen atoms in total. The number of anilines is 1. The molecule has 5 aliphatic rings. The molecule has 5 fully saturated rings. The smallest absolute Gasteiger partial charge is 0.255 e. The van der Waals surface area contributed by atoms with Crippen LogP contribution in [0.3, 0.4) is 0 Å². The van der Waals surface area contributed by atoms with Gasteiger partial charge in [-0.1, -0.05) is 24.3 Å². The summed E-state index contributed by atoms with van der Waals surface area (Å²) in [6.07, 6.45) is 7.63. The number of nitrogens with two attached hydrogens (primary N) is 1. The van der Waals surface area contributed by atoms with Gasteiger partial charge in [-0.2, -0.15) is 0 Å². The molecule has 1 aromatic heterocycles. The molecule has 0 spiro atoms. The predicted octanol–water partition coefficient (Wildman–Crippen LogP) is 3.09. The first-order valence-electron chi connectivity index (χ1n) is 12.6. The number of benzene rings is 1. The van der Waals surface area contributed by atoms with Crippen molar-refractivity contribution in [2.24, 2.45) is 0 Å². The summed E-state index contributed by atoms with van der Waals surface area (Å²) < 4.78 is 5.35. The molecule has 7 heteroatoms. The van der Waals surface area contributed by atoms with Crippen LogP contribution in [0.1, 0.15) is 66.8 Å². The number of amides is 1. The SMILES string of the molecule is Nc1ncc(-c2ccc(C3CCN(C4COC4)C3)cc2)cc1C(=O)NC12CCC(O)(CC1)CC2. The number of fused-ring (bicyclic) bond motifs is 3. The van der Waals surface area contributed by atoms with Crippen LogP contribution in [0, 0.1) is 0 Å². The molecule has 2 aliphatic heterocycles. The van der Waals surface area contributed by atoms with Crippen LogP contribution in [0.4, 0.5) is 5.82 Å². The zero-order valence-corrected chi connectivity index (χ0v) is 19.6. The van der Waals surface area contributed by atoms with Crippen molar-refractivity contribution >= 4 is 11.7 Å². The van der Waals surface area contributed by atoms with Gasteiger partial charge in [0.15, 0.2) is 0 Å². The first-order valence-corrected chi connectivity index (χ1v) is 12.6. The zero-order valence-electron chi connectivity index (χ0n) is 19.6. The Morgan fingerprint density at radius 1 is 1.09 bits per heavy atom. The van der Waals surface area contributed by atoms with E-state index in [-0.39, 0.29) is 17.3 Å². The van der Waals surface area contributed by atoms with Crippen LogP contribution >= 0.6 is 0 Å². The lowest BCUT2D eigenvalue weighted by molar-refractivity contribution is -0.0702. The highest BCUT2D eigenvalue weighted by Crippen LogP contribution is 2.46. The highest BCUT2D eigenvalue weighted by Gasteiger charge is 2.48. The Balaban J connectivity index is 1.16. The average Bonchev–Trinajstić information content (AvgIpc) is 3.29. The number of likely N-dealkylation sites (tertiary alicyclic amines) is 1. The van der Waals surface area contributed by atoms with E-state index in [4.69, 9.17) is 10.5 Å². The van der Waals surface area contributed by atoms with Gasteiger partial charge < -0.3 is 20.9 Å². The number of pyridine rings is 1. The van der Waals surface area contributed by atoms with Crippen molar-refractivity contribution in [1.29, 1.82) is 0 Å². The molecule has 2 saturated heterocycles. The number of rotatable bonds is 5. The van der Waals surface area contributed by atoms with Gasteiger partial charge in [0.25, 0.3) is 5.91 Å². The minimum Gasteiger partial charge on any atom is -0.390 e. The van der Waals surface area contributed by atoms with E-state index >= 15 is 0 Å². The standard InChI is InChI=1S/C27H34N4O3/c28-24-23(25(32)30-26-6-9-27(33,10-7-26)11-8-26)13-21(14-29-24)19-3-1-18(2-4-19)20-5-12-31(15-20)22-16-34-17-22/h1-4,13-14,20,22,33H,5-12,15-17H2,(H2,28,29)(H,30,32). The predicted molar refractivity (Wildman–Crippen MR) is 130 cm³/mol. The monoisotopic (exact) mass is 462 g/mol. The Morgan fingerprint density at radius 2 is 1.79 bits per heavy atom. The molecule has 2 aromatic rings. The summed E-state index contributed by atoms with van der Waals surface area (Å²) in [5, 5.41) is 13.7. The Bertz CT molecular complexity index is 1060. The summed E-state index contributed by atoms with van der Waals surface area (Å²) in [5.74, 6) is 0.647. The van der Waals surface area contributed by atoms with Crippen molar-refractivity contribution in [2.45, 2.75) is 68.0 Å². The highest BCUT2D eigenvalue weighted by atomic mass is 16.5. The average molecular weight is 463 g/mol. The van der Waals surface area contributed by atoms with Gasteiger partial charge in [0, 0.05) is 23.8 Å². The number of nitrogens with one attached hydrogen (secondary N) is 1. The van der Waals surface area contributed by atoms with E-state index in [1.807, 2.05) is 6.07 Å². The largest absolute Gasteiger partial charge is 0.390 e.